The summed E-state index contributed by atoms with van der Waals surface area (Å²) < 4.78 is 1.17. The zero-order chi connectivity index (χ0) is 13.2. The largest absolute Gasteiger partial charge is 0.381 e. The van der Waals surface area contributed by atoms with Gasteiger partial charge in [0.15, 0.2) is 0 Å². The zero-order valence-electron chi connectivity index (χ0n) is 10.4. The van der Waals surface area contributed by atoms with Crippen molar-refractivity contribution >= 4 is 39.9 Å². The average molecular weight is 384 g/mol. The lowest BCUT2D eigenvalue weighted by Gasteiger charge is -2.37. The summed E-state index contributed by atoms with van der Waals surface area (Å²) in [4.78, 5) is 0. The smallest absolute Gasteiger partial charge is 0.0648 e. The van der Waals surface area contributed by atoms with Crippen molar-refractivity contribution in [1.82, 2.24) is 0 Å². The van der Waals surface area contributed by atoms with Crippen LogP contribution in [-0.4, -0.2) is 6.04 Å². The van der Waals surface area contributed by atoms with Crippen LogP contribution in [0.25, 0.3) is 0 Å². The van der Waals surface area contributed by atoms with E-state index in [-0.39, 0.29) is 0 Å². The molecule has 1 saturated carbocycles. The SMILES string of the molecule is Clc1cc(I)ccc1NC1CC(c2ccccc2)C1. The Morgan fingerprint density at radius 3 is 2.47 bits per heavy atom. The van der Waals surface area contributed by atoms with E-state index in [9.17, 15) is 0 Å². The number of benzene rings is 2. The summed E-state index contributed by atoms with van der Waals surface area (Å²) in [6.45, 7) is 0. The maximum absolute atomic E-state index is 6.24. The Labute approximate surface area is 132 Å². The summed E-state index contributed by atoms with van der Waals surface area (Å²) in [6, 6.07) is 17.4. The first-order valence-electron chi connectivity index (χ1n) is 6.49. The second-order valence-corrected chi connectivity index (χ2v) is 6.70. The first kappa shape index (κ1) is 13.3. The van der Waals surface area contributed by atoms with Crippen LogP contribution in [0.3, 0.4) is 0 Å². The Kier molecular flexibility index (Phi) is 3.99. The number of nitrogens with one attached hydrogen (secondary N) is 1. The molecule has 0 aliphatic heterocycles. The van der Waals surface area contributed by atoms with Gasteiger partial charge in [-0.3, -0.25) is 0 Å². The van der Waals surface area contributed by atoms with Crippen LogP contribution in [0.2, 0.25) is 5.02 Å². The summed E-state index contributed by atoms with van der Waals surface area (Å²) in [5, 5.41) is 4.35. The fourth-order valence-electron chi connectivity index (χ4n) is 2.56. The van der Waals surface area contributed by atoms with E-state index in [1.165, 1.54) is 22.0 Å². The van der Waals surface area contributed by atoms with Crippen molar-refractivity contribution in [2.45, 2.75) is 24.8 Å². The monoisotopic (exact) mass is 383 g/mol. The van der Waals surface area contributed by atoms with Gasteiger partial charge in [0.25, 0.3) is 0 Å². The summed E-state index contributed by atoms with van der Waals surface area (Å²) >= 11 is 8.52. The molecule has 19 heavy (non-hydrogen) atoms. The van der Waals surface area contributed by atoms with Gasteiger partial charge in [-0.05, 0) is 65.1 Å². The van der Waals surface area contributed by atoms with Crippen LogP contribution in [0.15, 0.2) is 48.5 Å². The molecular formula is C16H15ClIN. The lowest BCUT2D eigenvalue weighted by atomic mass is 9.76. The van der Waals surface area contributed by atoms with E-state index >= 15 is 0 Å². The molecule has 3 heteroatoms. The van der Waals surface area contributed by atoms with Crippen molar-refractivity contribution in [2.75, 3.05) is 5.32 Å². The average Bonchev–Trinajstić information content (AvgIpc) is 2.36. The Balaban J connectivity index is 1.60. The second-order valence-electron chi connectivity index (χ2n) is 5.04. The van der Waals surface area contributed by atoms with Crippen molar-refractivity contribution < 1.29 is 0 Å². The third-order valence-corrected chi connectivity index (χ3v) is 4.68. The number of hydrogen-bond donors (Lipinski definition) is 1. The van der Waals surface area contributed by atoms with Crippen molar-refractivity contribution in [2.24, 2.45) is 0 Å². The predicted octanol–water partition coefficient (Wildman–Crippen LogP) is 5.30. The van der Waals surface area contributed by atoms with Gasteiger partial charge in [0.2, 0.25) is 0 Å². The Morgan fingerprint density at radius 1 is 1.05 bits per heavy atom. The van der Waals surface area contributed by atoms with E-state index in [1.54, 1.807) is 0 Å². The molecular weight excluding hydrogens is 369 g/mol. The highest BCUT2D eigenvalue weighted by molar-refractivity contribution is 14.1. The van der Waals surface area contributed by atoms with E-state index in [1.807, 2.05) is 6.07 Å². The highest BCUT2D eigenvalue weighted by atomic mass is 127. The van der Waals surface area contributed by atoms with Gasteiger partial charge in [0.1, 0.15) is 0 Å². The van der Waals surface area contributed by atoms with Crippen LogP contribution in [0.5, 0.6) is 0 Å². The van der Waals surface area contributed by atoms with Gasteiger partial charge in [-0.25, -0.2) is 0 Å². The van der Waals surface area contributed by atoms with E-state index in [2.05, 4.69) is 70.4 Å². The number of rotatable bonds is 3. The Hall–Kier alpha value is -0.740. The second kappa shape index (κ2) is 5.71. The predicted molar refractivity (Wildman–Crippen MR) is 90.0 cm³/mol. The van der Waals surface area contributed by atoms with Crippen LogP contribution >= 0.6 is 34.2 Å². The standard InChI is InChI=1S/C16H15ClIN/c17-15-10-13(18)6-7-16(15)19-14-8-12(9-14)11-4-2-1-3-5-11/h1-7,10,12,14,19H,8-9H2. The summed E-state index contributed by atoms with van der Waals surface area (Å²) in [5.41, 5.74) is 2.51. The van der Waals surface area contributed by atoms with E-state index in [0.29, 0.717) is 12.0 Å². The van der Waals surface area contributed by atoms with Crippen LogP contribution in [0.4, 0.5) is 5.69 Å². The van der Waals surface area contributed by atoms with Gasteiger partial charge >= 0.3 is 0 Å². The van der Waals surface area contributed by atoms with Crippen LogP contribution in [0.1, 0.15) is 24.3 Å². The molecule has 1 nitrogen and oxygen atoms in total. The highest BCUT2D eigenvalue weighted by Crippen LogP contribution is 2.39. The topological polar surface area (TPSA) is 12.0 Å². The van der Waals surface area contributed by atoms with Crippen molar-refractivity contribution in [1.29, 1.82) is 0 Å². The fraction of sp³-hybridized carbons (Fsp3) is 0.250. The van der Waals surface area contributed by atoms with Gasteiger partial charge < -0.3 is 5.32 Å². The normalized spacial score (nSPS) is 21.8. The molecule has 0 bridgehead atoms. The minimum atomic E-state index is 0.544. The minimum Gasteiger partial charge on any atom is -0.381 e. The van der Waals surface area contributed by atoms with Gasteiger partial charge in [-0.2, -0.15) is 0 Å². The van der Waals surface area contributed by atoms with Crippen molar-refractivity contribution in [3.8, 4) is 0 Å². The Morgan fingerprint density at radius 2 is 1.79 bits per heavy atom. The molecule has 0 aromatic heterocycles. The zero-order valence-corrected chi connectivity index (χ0v) is 13.4. The van der Waals surface area contributed by atoms with Gasteiger partial charge in [0, 0.05) is 9.61 Å². The first-order valence-corrected chi connectivity index (χ1v) is 7.94. The summed E-state index contributed by atoms with van der Waals surface area (Å²) in [7, 11) is 0. The third-order valence-electron chi connectivity index (χ3n) is 3.70. The molecule has 2 aromatic carbocycles. The maximum Gasteiger partial charge on any atom is 0.0648 e. The van der Waals surface area contributed by atoms with Crippen LogP contribution < -0.4 is 5.32 Å². The number of anilines is 1. The lowest BCUT2D eigenvalue weighted by molar-refractivity contribution is 0.374. The first-order chi connectivity index (χ1) is 9.22. The van der Waals surface area contributed by atoms with Gasteiger partial charge in [-0.15, -0.1) is 0 Å². The van der Waals surface area contributed by atoms with Crippen LogP contribution in [-0.2, 0) is 0 Å². The maximum atomic E-state index is 6.24. The number of hydrogen-bond acceptors (Lipinski definition) is 1. The molecule has 0 heterocycles. The molecule has 0 spiro atoms. The fourth-order valence-corrected chi connectivity index (χ4v) is 3.47. The van der Waals surface area contributed by atoms with E-state index in [4.69, 9.17) is 11.6 Å². The van der Waals surface area contributed by atoms with Crippen molar-refractivity contribution in [3.05, 3.63) is 62.7 Å². The Bertz CT molecular complexity index is 564. The van der Waals surface area contributed by atoms with E-state index < -0.39 is 0 Å². The molecule has 0 atom stereocenters. The summed E-state index contributed by atoms with van der Waals surface area (Å²) in [6.07, 6.45) is 2.37. The highest BCUT2D eigenvalue weighted by Gasteiger charge is 2.30. The molecule has 0 radical (unpaired) electrons. The van der Waals surface area contributed by atoms with E-state index in [0.717, 1.165) is 10.7 Å². The molecule has 0 saturated heterocycles. The minimum absolute atomic E-state index is 0.544. The quantitative estimate of drug-likeness (QED) is 0.709. The molecule has 0 unspecified atom stereocenters. The summed E-state index contributed by atoms with van der Waals surface area (Å²) in [5.74, 6) is 0.696. The van der Waals surface area contributed by atoms with Gasteiger partial charge in [0.05, 0.1) is 10.7 Å². The third kappa shape index (κ3) is 3.06. The molecule has 2 aromatic rings. The molecule has 3 rings (SSSR count). The molecule has 1 N–H and O–H groups in total. The lowest BCUT2D eigenvalue weighted by Crippen LogP contribution is -2.34. The molecule has 1 aliphatic rings. The van der Waals surface area contributed by atoms with Gasteiger partial charge in [-0.1, -0.05) is 41.9 Å². The molecule has 98 valence electrons. The molecule has 1 fully saturated rings. The van der Waals surface area contributed by atoms with Crippen molar-refractivity contribution in [3.63, 3.8) is 0 Å². The number of halogens is 2. The molecule has 1 aliphatic carbocycles. The molecule has 0 amide bonds. The van der Waals surface area contributed by atoms with Crippen LogP contribution in [0, 0.1) is 3.57 Å².